The van der Waals surface area contributed by atoms with Crippen molar-refractivity contribution in [2.45, 2.75) is 30.2 Å². The van der Waals surface area contributed by atoms with Crippen molar-refractivity contribution in [1.82, 2.24) is 14.8 Å². The van der Waals surface area contributed by atoms with E-state index in [1.54, 1.807) is 49.9 Å². The highest BCUT2D eigenvalue weighted by molar-refractivity contribution is 8.00. The number of primary amides is 1. The van der Waals surface area contributed by atoms with E-state index >= 15 is 0 Å². The Morgan fingerprint density at radius 2 is 2.16 bits per heavy atom. The molecule has 0 fully saturated rings. The Kier molecular flexibility index (Phi) is 6.40. The number of aromatic nitrogens is 3. The number of rotatable bonds is 8. The molecule has 0 unspecified atom stereocenters. The molecule has 134 valence electrons. The van der Waals surface area contributed by atoms with E-state index in [0.29, 0.717) is 28.8 Å². The predicted octanol–water partition coefficient (Wildman–Crippen LogP) is 1.36. The molecule has 0 spiro atoms. The van der Waals surface area contributed by atoms with Gasteiger partial charge in [-0.1, -0.05) is 17.8 Å². The lowest BCUT2D eigenvalue weighted by atomic mass is 10.3. The third kappa shape index (κ3) is 5.21. The summed E-state index contributed by atoms with van der Waals surface area (Å²) in [6, 6.07) is 7.16. The molecule has 1 heterocycles. The first-order valence-electron chi connectivity index (χ1n) is 7.69. The maximum atomic E-state index is 12.4. The second-order valence-corrected chi connectivity index (χ2v) is 6.71. The Morgan fingerprint density at radius 3 is 2.84 bits per heavy atom. The average molecular weight is 363 g/mol. The van der Waals surface area contributed by atoms with Gasteiger partial charge in [-0.2, -0.15) is 0 Å². The Balaban J connectivity index is 1.97. The number of nitrogens with two attached hydrogens (primary N) is 1. The third-order valence-corrected chi connectivity index (χ3v) is 4.64. The summed E-state index contributed by atoms with van der Waals surface area (Å²) in [5.74, 6) is 0.787. The minimum atomic E-state index is -0.386. The Bertz CT molecular complexity index is 762. The summed E-state index contributed by atoms with van der Waals surface area (Å²) < 4.78 is 6.91. The highest BCUT2D eigenvalue weighted by Crippen LogP contribution is 2.24. The van der Waals surface area contributed by atoms with Crippen LogP contribution in [-0.4, -0.2) is 38.9 Å². The second kappa shape index (κ2) is 8.52. The summed E-state index contributed by atoms with van der Waals surface area (Å²) in [4.78, 5) is 23.2. The van der Waals surface area contributed by atoms with Crippen LogP contribution < -0.4 is 15.8 Å². The summed E-state index contributed by atoms with van der Waals surface area (Å²) in [5.41, 5.74) is 5.81. The first-order chi connectivity index (χ1) is 11.9. The summed E-state index contributed by atoms with van der Waals surface area (Å²) in [7, 11) is 3.37. The van der Waals surface area contributed by atoms with Crippen molar-refractivity contribution < 1.29 is 14.3 Å². The molecule has 0 aliphatic rings. The molecule has 0 bridgehead atoms. The van der Waals surface area contributed by atoms with Crippen LogP contribution in [0, 0.1) is 0 Å². The molecule has 8 nitrogen and oxygen atoms in total. The molecule has 0 aliphatic heterocycles. The normalized spacial score (nSPS) is 11.8. The van der Waals surface area contributed by atoms with E-state index in [4.69, 9.17) is 10.5 Å². The molecule has 2 aromatic rings. The van der Waals surface area contributed by atoms with Crippen molar-refractivity contribution in [2.75, 3.05) is 12.4 Å². The molecular formula is C16H21N5O3S. The molecular weight excluding hydrogens is 342 g/mol. The standard InChI is InChI=1S/C16H21N5O3S/c1-10(15(23)18-11-5-4-6-12(9-11)24-3)25-16-20-19-14(21(16)2)8-7-13(17)22/h4-6,9-10H,7-8H2,1-3H3,(H2,17,22)(H,18,23)/t10-/m1/s1. The van der Waals surface area contributed by atoms with E-state index in [0.717, 1.165) is 0 Å². The number of carbonyl (C=O) groups is 2. The summed E-state index contributed by atoms with van der Waals surface area (Å²) >= 11 is 1.29. The van der Waals surface area contributed by atoms with Gasteiger partial charge in [0.05, 0.1) is 12.4 Å². The lowest BCUT2D eigenvalue weighted by Gasteiger charge is -2.12. The van der Waals surface area contributed by atoms with Gasteiger partial charge >= 0.3 is 0 Å². The first kappa shape index (κ1) is 18.8. The van der Waals surface area contributed by atoms with Crippen LogP contribution >= 0.6 is 11.8 Å². The fourth-order valence-corrected chi connectivity index (χ4v) is 2.89. The first-order valence-corrected chi connectivity index (χ1v) is 8.56. The van der Waals surface area contributed by atoms with E-state index < -0.39 is 0 Å². The molecule has 0 saturated heterocycles. The van der Waals surface area contributed by atoms with Crippen LogP contribution in [0.2, 0.25) is 0 Å². The number of carbonyl (C=O) groups excluding carboxylic acids is 2. The average Bonchev–Trinajstić information content (AvgIpc) is 2.93. The van der Waals surface area contributed by atoms with Gasteiger partial charge in [0, 0.05) is 31.6 Å². The molecule has 0 aliphatic carbocycles. The zero-order valence-electron chi connectivity index (χ0n) is 14.4. The Hall–Kier alpha value is -2.55. The van der Waals surface area contributed by atoms with Crippen LogP contribution in [0.15, 0.2) is 29.4 Å². The summed E-state index contributed by atoms with van der Waals surface area (Å²) in [5, 5.41) is 11.2. The van der Waals surface area contributed by atoms with Crippen molar-refractivity contribution in [3.63, 3.8) is 0 Å². The largest absolute Gasteiger partial charge is 0.497 e. The third-order valence-electron chi connectivity index (χ3n) is 3.51. The number of nitrogens with zero attached hydrogens (tertiary/aromatic N) is 3. The number of thioether (sulfide) groups is 1. The second-order valence-electron chi connectivity index (χ2n) is 5.41. The van der Waals surface area contributed by atoms with Crippen LogP contribution in [-0.2, 0) is 23.1 Å². The van der Waals surface area contributed by atoms with E-state index in [9.17, 15) is 9.59 Å². The summed E-state index contributed by atoms with van der Waals surface area (Å²) in [6.45, 7) is 1.79. The lowest BCUT2D eigenvalue weighted by Crippen LogP contribution is -2.22. The highest BCUT2D eigenvalue weighted by atomic mass is 32.2. The van der Waals surface area contributed by atoms with Crippen LogP contribution in [0.5, 0.6) is 5.75 Å². The van der Waals surface area contributed by atoms with Gasteiger partial charge in [0.1, 0.15) is 11.6 Å². The number of anilines is 1. The number of hydrogen-bond acceptors (Lipinski definition) is 6. The maximum absolute atomic E-state index is 12.4. The van der Waals surface area contributed by atoms with Gasteiger partial charge in [0.2, 0.25) is 11.8 Å². The van der Waals surface area contributed by atoms with Crippen LogP contribution in [0.25, 0.3) is 0 Å². The maximum Gasteiger partial charge on any atom is 0.237 e. The topological polar surface area (TPSA) is 112 Å². The van der Waals surface area contributed by atoms with Crippen molar-refractivity contribution in [3.8, 4) is 5.75 Å². The SMILES string of the molecule is COc1cccc(NC(=O)[C@@H](C)Sc2nnc(CCC(N)=O)n2C)c1. The molecule has 1 aromatic heterocycles. The zero-order valence-corrected chi connectivity index (χ0v) is 15.2. The Labute approximate surface area is 150 Å². The predicted molar refractivity (Wildman–Crippen MR) is 95.5 cm³/mol. The quantitative estimate of drug-likeness (QED) is 0.685. The minimum Gasteiger partial charge on any atom is -0.497 e. The van der Waals surface area contributed by atoms with Gasteiger partial charge in [0.15, 0.2) is 5.16 Å². The van der Waals surface area contributed by atoms with E-state index in [2.05, 4.69) is 15.5 Å². The number of nitrogens with one attached hydrogen (secondary N) is 1. The fraction of sp³-hybridized carbons (Fsp3) is 0.375. The smallest absolute Gasteiger partial charge is 0.237 e. The van der Waals surface area contributed by atoms with Gasteiger partial charge in [-0.3, -0.25) is 9.59 Å². The lowest BCUT2D eigenvalue weighted by molar-refractivity contribution is -0.118. The Morgan fingerprint density at radius 1 is 1.40 bits per heavy atom. The molecule has 1 aromatic carbocycles. The summed E-state index contributed by atoms with van der Waals surface area (Å²) in [6.07, 6.45) is 0.631. The minimum absolute atomic E-state index is 0.153. The van der Waals surface area contributed by atoms with Gasteiger partial charge in [-0.25, -0.2) is 0 Å². The monoisotopic (exact) mass is 363 g/mol. The van der Waals surface area contributed by atoms with Gasteiger partial charge in [-0.15, -0.1) is 10.2 Å². The van der Waals surface area contributed by atoms with E-state index in [1.807, 2.05) is 0 Å². The number of aryl methyl sites for hydroxylation is 1. The number of amides is 2. The van der Waals surface area contributed by atoms with Crippen LogP contribution in [0.1, 0.15) is 19.2 Å². The number of benzene rings is 1. The number of ether oxygens (including phenoxy) is 1. The van der Waals surface area contributed by atoms with Crippen molar-refractivity contribution in [1.29, 1.82) is 0 Å². The van der Waals surface area contributed by atoms with E-state index in [1.165, 1.54) is 11.8 Å². The van der Waals surface area contributed by atoms with Crippen molar-refractivity contribution in [3.05, 3.63) is 30.1 Å². The molecule has 0 saturated carbocycles. The number of hydrogen-bond donors (Lipinski definition) is 2. The molecule has 0 radical (unpaired) electrons. The van der Waals surface area contributed by atoms with Gasteiger partial charge in [-0.05, 0) is 19.1 Å². The van der Waals surface area contributed by atoms with Crippen molar-refractivity contribution in [2.24, 2.45) is 12.8 Å². The molecule has 3 N–H and O–H groups in total. The highest BCUT2D eigenvalue weighted by Gasteiger charge is 2.19. The zero-order chi connectivity index (χ0) is 18.4. The van der Waals surface area contributed by atoms with Crippen LogP contribution in [0.4, 0.5) is 5.69 Å². The molecule has 2 rings (SSSR count). The fourth-order valence-electron chi connectivity index (χ4n) is 2.06. The molecule has 1 atom stereocenters. The van der Waals surface area contributed by atoms with Gasteiger partial charge < -0.3 is 20.4 Å². The molecule has 2 amide bonds. The van der Waals surface area contributed by atoms with Crippen LogP contribution in [0.3, 0.4) is 0 Å². The van der Waals surface area contributed by atoms with Crippen molar-refractivity contribution >= 4 is 29.3 Å². The van der Waals surface area contributed by atoms with Gasteiger partial charge in [0.25, 0.3) is 0 Å². The number of methoxy groups -OCH3 is 1. The molecule has 25 heavy (non-hydrogen) atoms. The molecule has 9 heteroatoms. The van der Waals surface area contributed by atoms with E-state index in [-0.39, 0.29) is 23.5 Å².